The molecular weight excluding hydrogens is 585 g/mol. The SMILES string of the molecule is CCc1nonc1C(=O)N[C@H](C(=O)Nc1cc([C@@H](COC)N2CC(F)(F)CNC2=O)ccn1)c1cccc(C(F)(F)F)c1. The number of hydrogen-bond donors (Lipinski definition) is 3. The molecule has 3 heterocycles. The average molecular weight is 612 g/mol. The Labute approximate surface area is 240 Å². The first-order valence-corrected chi connectivity index (χ1v) is 12.8. The fourth-order valence-electron chi connectivity index (χ4n) is 4.39. The second kappa shape index (κ2) is 12.7. The Morgan fingerprint density at radius 3 is 2.65 bits per heavy atom. The Kier molecular flexibility index (Phi) is 9.22. The lowest BCUT2D eigenvalue weighted by molar-refractivity contribution is -0.137. The number of aromatic nitrogens is 3. The maximum atomic E-state index is 14.1. The van der Waals surface area contributed by atoms with Gasteiger partial charge in [0.1, 0.15) is 17.6 Å². The van der Waals surface area contributed by atoms with Gasteiger partial charge in [0.15, 0.2) is 5.69 Å². The number of nitrogens with zero attached hydrogens (tertiary/aromatic N) is 4. The van der Waals surface area contributed by atoms with Gasteiger partial charge in [-0.1, -0.05) is 24.2 Å². The van der Waals surface area contributed by atoms with Crippen LogP contribution in [0.25, 0.3) is 0 Å². The van der Waals surface area contributed by atoms with Crippen LogP contribution in [0.4, 0.5) is 32.6 Å². The number of benzene rings is 1. The highest BCUT2D eigenvalue weighted by molar-refractivity contribution is 6.01. The van der Waals surface area contributed by atoms with Crippen molar-refractivity contribution in [2.45, 2.75) is 37.5 Å². The van der Waals surface area contributed by atoms with Crippen LogP contribution in [0.5, 0.6) is 0 Å². The van der Waals surface area contributed by atoms with Gasteiger partial charge in [-0.3, -0.25) is 9.59 Å². The van der Waals surface area contributed by atoms with E-state index in [1.807, 2.05) is 0 Å². The number of pyridine rings is 1. The van der Waals surface area contributed by atoms with E-state index in [0.29, 0.717) is 6.07 Å². The lowest BCUT2D eigenvalue weighted by atomic mass is 10.0. The number of hydrogen-bond acceptors (Lipinski definition) is 8. The van der Waals surface area contributed by atoms with Crippen molar-refractivity contribution >= 4 is 23.7 Å². The van der Waals surface area contributed by atoms with E-state index < -0.39 is 60.7 Å². The molecule has 2 aromatic heterocycles. The number of alkyl halides is 5. The summed E-state index contributed by atoms with van der Waals surface area (Å²) in [6.07, 6.45) is -3.26. The predicted octanol–water partition coefficient (Wildman–Crippen LogP) is 3.50. The molecule has 12 nitrogen and oxygen atoms in total. The molecule has 1 aliphatic heterocycles. The molecule has 17 heteroatoms. The molecule has 1 aliphatic rings. The quantitative estimate of drug-likeness (QED) is 0.295. The number of nitrogens with one attached hydrogen (secondary N) is 3. The summed E-state index contributed by atoms with van der Waals surface area (Å²) in [6.45, 7) is -0.240. The minimum absolute atomic E-state index is 0.142. The Balaban J connectivity index is 1.64. The standard InChI is InChI=1S/C26H26F5N7O5/c1-3-17-21(37-43-36-17)23(40)35-20(15-5-4-6-16(9-15)26(29,30)31)22(39)34-19-10-14(7-8-32-19)18(11-42-2)38-13-25(27,28)12-33-24(38)41/h4-10,18,20H,3,11-13H2,1-2H3,(H,33,41)(H,35,40)(H,32,34,39)/t18-,20+/m1/s1. The third-order valence-corrected chi connectivity index (χ3v) is 6.47. The molecule has 0 saturated carbocycles. The van der Waals surface area contributed by atoms with Gasteiger partial charge < -0.3 is 25.6 Å². The molecular formula is C26H26F5N7O5. The van der Waals surface area contributed by atoms with Gasteiger partial charge in [0.05, 0.1) is 31.3 Å². The van der Waals surface area contributed by atoms with Crippen molar-refractivity contribution in [3.8, 4) is 0 Å². The third kappa shape index (κ3) is 7.40. The summed E-state index contributed by atoms with van der Waals surface area (Å²) in [6, 6.07) is 3.08. The molecule has 1 saturated heterocycles. The first kappa shape index (κ1) is 31.3. The molecule has 0 spiro atoms. The Morgan fingerprint density at radius 1 is 1.19 bits per heavy atom. The summed E-state index contributed by atoms with van der Waals surface area (Å²) >= 11 is 0. The molecule has 0 aliphatic carbocycles. The minimum atomic E-state index is -4.74. The van der Waals surface area contributed by atoms with Crippen LogP contribution in [0, 0.1) is 0 Å². The molecule has 0 bridgehead atoms. The number of halogens is 5. The maximum absolute atomic E-state index is 14.1. The highest BCUT2D eigenvalue weighted by Gasteiger charge is 2.42. The number of rotatable bonds is 10. The first-order chi connectivity index (χ1) is 20.3. The van der Waals surface area contributed by atoms with Gasteiger partial charge in [-0.05, 0) is 47.0 Å². The van der Waals surface area contributed by atoms with E-state index in [2.05, 4.69) is 35.9 Å². The van der Waals surface area contributed by atoms with Gasteiger partial charge in [-0.15, -0.1) is 0 Å². The van der Waals surface area contributed by atoms with Crippen LogP contribution in [0.2, 0.25) is 0 Å². The fourth-order valence-corrected chi connectivity index (χ4v) is 4.39. The highest BCUT2D eigenvalue weighted by Crippen LogP contribution is 2.32. The van der Waals surface area contributed by atoms with Crippen LogP contribution in [0.3, 0.4) is 0 Å². The summed E-state index contributed by atoms with van der Waals surface area (Å²) in [5.74, 6) is -5.28. The van der Waals surface area contributed by atoms with E-state index >= 15 is 0 Å². The maximum Gasteiger partial charge on any atom is 0.416 e. The van der Waals surface area contributed by atoms with Crippen molar-refractivity contribution in [1.82, 2.24) is 30.8 Å². The van der Waals surface area contributed by atoms with Crippen LogP contribution in [0.1, 0.15) is 51.9 Å². The van der Waals surface area contributed by atoms with Crippen LogP contribution in [-0.2, 0) is 22.1 Å². The molecule has 1 aromatic carbocycles. The van der Waals surface area contributed by atoms with Crippen LogP contribution in [0.15, 0.2) is 47.2 Å². The second-order valence-corrected chi connectivity index (χ2v) is 9.52. The number of carbonyl (C=O) groups excluding carboxylic acids is 3. The normalized spacial score (nSPS) is 16.3. The lowest BCUT2D eigenvalue weighted by Crippen LogP contribution is -2.58. The van der Waals surface area contributed by atoms with Crippen LogP contribution in [-0.4, -0.2) is 70.8 Å². The average Bonchev–Trinajstić information content (AvgIpc) is 3.45. The summed E-state index contributed by atoms with van der Waals surface area (Å²) in [5.41, 5.74) is -1.11. The molecule has 0 unspecified atom stereocenters. The number of carbonyl (C=O) groups is 3. The molecule has 4 rings (SSSR count). The minimum Gasteiger partial charge on any atom is -0.382 e. The lowest BCUT2D eigenvalue weighted by Gasteiger charge is -2.38. The number of methoxy groups -OCH3 is 1. The summed E-state index contributed by atoms with van der Waals surface area (Å²) < 4.78 is 78.3. The smallest absolute Gasteiger partial charge is 0.382 e. The molecule has 4 amide bonds. The number of aryl methyl sites for hydroxylation is 1. The van der Waals surface area contributed by atoms with Gasteiger partial charge >= 0.3 is 12.2 Å². The summed E-state index contributed by atoms with van der Waals surface area (Å²) in [4.78, 5) is 43.8. The zero-order valence-corrected chi connectivity index (χ0v) is 22.7. The van der Waals surface area contributed by atoms with E-state index in [0.717, 1.165) is 17.0 Å². The van der Waals surface area contributed by atoms with Crippen molar-refractivity contribution in [2.24, 2.45) is 0 Å². The van der Waals surface area contributed by atoms with Gasteiger partial charge in [-0.25, -0.2) is 23.2 Å². The molecule has 1 fully saturated rings. The fraction of sp³-hybridized carbons (Fsp3) is 0.385. The molecule has 3 N–H and O–H groups in total. The van der Waals surface area contributed by atoms with E-state index in [9.17, 15) is 36.3 Å². The van der Waals surface area contributed by atoms with E-state index in [-0.39, 0.29) is 41.4 Å². The Hall–Kier alpha value is -4.67. The first-order valence-electron chi connectivity index (χ1n) is 12.8. The summed E-state index contributed by atoms with van der Waals surface area (Å²) in [7, 11) is 1.31. The molecule has 2 atom stereocenters. The van der Waals surface area contributed by atoms with E-state index in [4.69, 9.17) is 4.74 Å². The zero-order chi connectivity index (χ0) is 31.4. The molecule has 3 aromatic rings. The summed E-state index contributed by atoms with van der Waals surface area (Å²) in [5, 5.41) is 14.0. The van der Waals surface area contributed by atoms with Crippen molar-refractivity contribution in [3.63, 3.8) is 0 Å². The highest BCUT2D eigenvalue weighted by atomic mass is 19.4. The van der Waals surface area contributed by atoms with Gasteiger partial charge in [0, 0.05) is 13.3 Å². The number of amides is 4. The molecule has 43 heavy (non-hydrogen) atoms. The van der Waals surface area contributed by atoms with Crippen molar-refractivity contribution in [2.75, 3.05) is 32.1 Å². The topological polar surface area (TPSA) is 152 Å². The Bertz CT molecular complexity index is 1480. The van der Waals surface area contributed by atoms with Crippen LogP contribution >= 0.6 is 0 Å². The van der Waals surface area contributed by atoms with Gasteiger partial charge in [0.2, 0.25) is 0 Å². The van der Waals surface area contributed by atoms with Crippen molar-refractivity contribution in [3.05, 3.63) is 70.7 Å². The van der Waals surface area contributed by atoms with E-state index in [1.165, 1.54) is 31.5 Å². The third-order valence-electron chi connectivity index (χ3n) is 6.47. The van der Waals surface area contributed by atoms with Gasteiger partial charge in [-0.2, -0.15) is 13.2 Å². The zero-order valence-electron chi connectivity index (χ0n) is 22.7. The number of ether oxygens (including phenoxy) is 1. The second-order valence-electron chi connectivity index (χ2n) is 9.52. The van der Waals surface area contributed by atoms with Crippen LogP contribution < -0.4 is 16.0 Å². The van der Waals surface area contributed by atoms with Crippen molar-refractivity contribution < 1.29 is 45.7 Å². The van der Waals surface area contributed by atoms with Gasteiger partial charge in [0.25, 0.3) is 17.7 Å². The Morgan fingerprint density at radius 2 is 1.95 bits per heavy atom. The number of urea groups is 1. The monoisotopic (exact) mass is 611 g/mol. The van der Waals surface area contributed by atoms with Crippen molar-refractivity contribution in [1.29, 1.82) is 0 Å². The van der Waals surface area contributed by atoms with E-state index in [1.54, 1.807) is 6.92 Å². The predicted molar refractivity (Wildman–Crippen MR) is 138 cm³/mol. The number of anilines is 1. The molecule has 0 radical (unpaired) electrons. The largest absolute Gasteiger partial charge is 0.416 e. The molecule has 230 valence electrons.